The van der Waals surface area contributed by atoms with E-state index >= 15 is 0 Å². The van der Waals surface area contributed by atoms with Crippen molar-refractivity contribution in [1.29, 1.82) is 0 Å². The summed E-state index contributed by atoms with van der Waals surface area (Å²) in [5.41, 5.74) is 2.92. The van der Waals surface area contributed by atoms with E-state index in [-0.39, 0.29) is 0 Å². The molecular formula is C9H20N2O. The summed E-state index contributed by atoms with van der Waals surface area (Å²) < 4.78 is 5.30. The van der Waals surface area contributed by atoms with Crippen LogP contribution in [0, 0.1) is 5.92 Å². The van der Waals surface area contributed by atoms with Crippen LogP contribution in [-0.2, 0) is 4.74 Å². The van der Waals surface area contributed by atoms with Crippen LogP contribution >= 0.6 is 0 Å². The van der Waals surface area contributed by atoms with Gasteiger partial charge in [0, 0.05) is 19.3 Å². The predicted molar refractivity (Wildman–Crippen MR) is 49.6 cm³/mol. The average molecular weight is 172 g/mol. The summed E-state index contributed by atoms with van der Waals surface area (Å²) in [5, 5.41) is 0. The van der Waals surface area contributed by atoms with Gasteiger partial charge in [-0.25, -0.2) is 0 Å². The molecule has 0 spiro atoms. The first-order valence-electron chi connectivity index (χ1n) is 4.92. The molecule has 1 aliphatic heterocycles. The molecule has 3 nitrogen and oxygen atoms in total. The van der Waals surface area contributed by atoms with Gasteiger partial charge in [-0.15, -0.1) is 0 Å². The Bertz CT molecular complexity index is 110. The van der Waals surface area contributed by atoms with Crippen LogP contribution in [0.3, 0.4) is 0 Å². The molecule has 12 heavy (non-hydrogen) atoms. The van der Waals surface area contributed by atoms with Crippen molar-refractivity contribution in [3.63, 3.8) is 0 Å². The summed E-state index contributed by atoms with van der Waals surface area (Å²) in [5.74, 6) is 6.22. The van der Waals surface area contributed by atoms with Crippen molar-refractivity contribution in [2.75, 3.05) is 13.2 Å². The van der Waals surface area contributed by atoms with Gasteiger partial charge in [0.05, 0.1) is 0 Å². The maximum absolute atomic E-state index is 5.50. The predicted octanol–water partition coefficient (Wildman–Crippen LogP) is 1.04. The van der Waals surface area contributed by atoms with E-state index in [1.165, 1.54) is 12.8 Å². The number of ether oxygens (including phenoxy) is 1. The van der Waals surface area contributed by atoms with Gasteiger partial charge in [-0.2, -0.15) is 0 Å². The van der Waals surface area contributed by atoms with Crippen molar-refractivity contribution in [1.82, 2.24) is 5.43 Å². The van der Waals surface area contributed by atoms with Crippen LogP contribution in [0.1, 0.15) is 32.6 Å². The summed E-state index contributed by atoms with van der Waals surface area (Å²) in [6.07, 6.45) is 4.71. The Morgan fingerprint density at radius 3 is 2.67 bits per heavy atom. The molecule has 1 fully saturated rings. The van der Waals surface area contributed by atoms with E-state index in [0.29, 0.717) is 6.04 Å². The maximum atomic E-state index is 5.50. The zero-order chi connectivity index (χ0) is 8.81. The molecule has 0 aliphatic carbocycles. The van der Waals surface area contributed by atoms with Crippen molar-refractivity contribution >= 4 is 0 Å². The second-order valence-electron chi connectivity index (χ2n) is 3.51. The Kier molecular flexibility index (Phi) is 4.58. The fourth-order valence-electron chi connectivity index (χ4n) is 1.88. The second-order valence-corrected chi connectivity index (χ2v) is 3.51. The van der Waals surface area contributed by atoms with Crippen LogP contribution in [0.15, 0.2) is 0 Å². The molecule has 0 aromatic heterocycles. The largest absolute Gasteiger partial charge is 0.381 e. The van der Waals surface area contributed by atoms with E-state index in [2.05, 4.69) is 12.3 Å². The number of nitrogens with one attached hydrogen (secondary N) is 1. The van der Waals surface area contributed by atoms with Gasteiger partial charge in [0.25, 0.3) is 0 Å². The van der Waals surface area contributed by atoms with Gasteiger partial charge in [0.15, 0.2) is 0 Å². The van der Waals surface area contributed by atoms with E-state index < -0.39 is 0 Å². The minimum Gasteiger partial charge on any atom is -0.381 e. The van der Waals surface area contributed by atoms with Crippen molar-refractivity contribution in [3.8, 4) is 0 Å². The summed E-state index contributed by atoms with van der Waals surface area (Å²) in [6.45, 7) is 4.02. The standard InChI is InChI=1S/C9H20N2O/c1-2-3-9(11-10)8-4-6-12-7-5-8/h8-9,11H,2-7,10H2,1H3. The molecule has 0 aromatic rings. The van der Waals surface area contributed by atoms with Gasteiger partial charge in [0.1, 0.15) is 0 Å². The molecule has 1 atom stereocenters. The molecule has 72 valence electrons. The summed E-state index contributed by atoms with van der Waals surface area (Å²) >= 11 is 0. The molecule has 1 saturated heterocycles. The fraction of sp³-hybridized carbons (Fsp3) is 1.00. The van der Waals surface area contributed by atoms with E-state index in [4.69, 9.17) is 10.6 Å². The first-order chi connectivity index (χ1) is 5.88. The van der Waals surface area contributed by atoms with Gasteiger partial charge < -0.3 is 4.74 Å². The zero-order valence-electron chi connectivity index (χ0n) is 7.88. The zero-order valence-corrected chi connectivity index (χ0v) is 7.88. The lowest BCUT2D eigenvalue weighted by atomic mass is 9.89. The summed E-state index contributed by atoms with van der Waals surface area (Å²) in [4.78, 5) is 0. The molecule has 1 unspecified atom stereocenters. The molecule has 0 aromatic carbocycles. The van der Waals surface area contributed by atoms with Crippen molar-refractivity contribution in [3.05, 3.63) is 0 Å². The monoisotopic (exact) mass is 172 g/mol. The second kappa shape index (κ2) is 5.51. The van der Waals surface area contributed by atoms with E-state index in [1.807, 2.05) is 0 Å². The third-order valence-electron chi connectivity index (χ3n) is 2.65. The molecule has 0 radical (unpaired) electrons. The van der Waals surface area contributed by atoms with E-state index in [9.17, 15) is 0 Å². The minimum atomic E-state index is 0.499. The van der Waals surface area contributed by atoms with Gasteiger partial charge in [-0.05, 0) is 25.2 Å². The van der Waals surface area contributed by atoms with Crippen LogP contribution in [0.25, 0.3) is 0 Å². The van der Waals surface area contributed by atoms with Crippen LogP contribution in [0.2, 0.25) is 0 Å². The quantitative estimate of drug-likeness (QED) is 0.492. The normalized spacial score (nSPS) is 22.5. The van der Waals surface area contributed by atoms with Crippen LogP contribution < -0.4 is 11.3 Å². The van der Waals surface area contributed by atoms with Crippen molar-refractivity contribution < 1.29 is 4.74 Å². The number of nitrogens with two attached hydrogens (primary N) is 1. The topological polar surface area (TPSA) is 47.3 Å². The van der Waals surface area contributed by atoms with Crippen LogP contribution in [0.4, 0.5) is 0 Å². The third-order valence-corrected chi connectivity index (χ3v) is 2.65. The third kappa shape index (κ3) is 2.73. The SMILES string of the molecule is CCCC(NN)C1CCOCC1. The van der Waals surface area contributed by atoms with Gasteiger partial charge in [0.2, 0.25) is 0 Å². The highest BCUT2D eigenvalue weighted by atomic mass is 16.5. The van der Waals surface area contributed by atoms with Gasteiger partial charge in [-0.1, -0.05) is 13.3 Å². The lowest BCUT2D eigenvalue weighted by Gasteiger charge is -2.29. The highest BCUT2D eigenvalue weighted by molar-refractivity contribution is 4.76. The summed E-state index contributed by atoms with van der Waals surface area (Å²) in [7, 11) is 0. The number of hydrazine groups is 1. The lowest BCUT2D eigenvalue weighted by molar-refractivity contribution is 0.0525. The highest BCUT2D eigenvalue weighted by Gasteiger charge is 2.21. The smallest absolute Gasteiger partial charge is 0.0469 e. The van der Waals surface area contributed by atoms with Crippen LogP contribution in [-0.4, -0.2) is 19.3 Å². The van der Waals surface area contributed by atoms with E-state index in [1.54, 1.807) is 0 Å². The molecule has 1 aliphatic rings. The van der Waals surface area contributed by atoms with Gasteiger partial charge in [-0.3, -0.25) is 11.3 Å². The average Bonchev–Trinajstić information content (AvgIpc) is 2.15. The first-order valence-corrected chi connectivity index (χ1v) is 4.92. The van der Waals surface area contributed by atoms with Crippen molar-refractivity contribution in [2.24, 2.45) is 11.8 Å². The Hall–Kier alpha value is -0.120. The maximum Gasteiger partial charge on any atom is 0.0469 e. The molecule has 3 N–H and O–H groups in total. The highest BCUT2D eigenvalue weighted by Crippen LogP contribution is 2.20. The number of rotatable bonds is 4. The number of hydrogen-bond acceptors (Lipinski definition) is 3. The molecule has 0 saturated carbocycles. The molecular weight excluding hydrogens is 152 g/mol. The van der Waals surface area contributed by atoms with Gasteiger partial charge >= 0.3 is 0 Å². The Balaban J connectivity index is 2.29. The molecule has 1 heterocycles. The lowest BCUT2D eigenvalue weighted by Crippen LogP contribution is -2.42. The molecule has 0 amide bonds. The fourth-order valence-corrected chi connectivity index (χ4v) is 1.88. The Labute approximate surface area is 74.6 Å². The minimum absolute atomic E-state index is 0.499. The van der Waals surface area contributed by atoms with Crippen molar-refractivity contribution in [2.45, 2.75) is 38.6 Å². The Morgan fingerprint density at radius 1 is 1.50 bits per heavy atom. The molecule has 0 bridgehead atoms. The molecule has 3 heteroatoms. The van der Waals surface area contributed by atoms with Crippen LogP contribution in [0.5, 0.6) is 0 Å². The summed E-state index contributed by atoms with van der Waals surface area (Å²) in [6, 6.07) is 0.499. The molecule has 1 rings (SSSR count). The first kappa shape index (κ1) is 9.96. The number of hydrogen-bond donors (Lipinski definition) is 2. The Morgan fingerprint density at radius 2 is 2.17 bits per heavy atom. The van der Waals surface area contributed by atoms with E-state index in [0.717, 1.165) is 32.0 Å².